The van der Waals surface area contributed by atoms with Crippen LogP contribution >= 0.6 is 47.8 Å². The number of alkyl halides is 1. The lowest BCUT2D eigenvalue weighted by molar-refractivity contribution is -0.142. The maximum absolute atomic E-state index is 12.6. The van der Waals surface area contributed by atoms with E-state index < -0.39 is 5.41 Å². The van der Waals surface area contributed by atoms with Gasteiger partial charge in [0.1, 0.15) is 11.2 Å². The van der Waals surface area contributed by atoms with Crippen LogP contribution in [0.2, 0.25) is 0 Å². The van der Waals surface area contributed by atoms with Crippen molar-refractivity contribution >= 4 is 53.8 Å². The van der Waals surface area contributed by atoms with E-state index >= 15 is 0 Å². The number of carbonyl (C=O) groups excluding carboxylic acids is 1. The Balaban J connectivity index is 1.89. The molecule has 0 spiro atoms. The molecule has 2 unspecified atom stereocenters. The van der Waals surface area contributed by atoms with Gasteiger partial charge in [-0.1, -0.05) is 66.0 Å². The summed E-state index contributed by atoms with van der Waals surface area (Å²) in [6, 6.07) is 9.22. The summed E-state index contributed by atoms with van der Waals surface area (Å²) in [6.07, 6.45) is 2.49. The van der Waals surface area contributed by atoms with Crippen molar-refractivity contribution in [3.63, 3.8) is 0 Å². The predicted octanol–water partition coefficient (Wildman–Crippen LogP) is 4.91. The number of allylic oxidation sites excluding steroid dienone is 1. The van der Waals surface area contributed by atoms with E-state index in [1.165, 1.54) is 0 Å². The van der Waals surface area contributed by atoms with Crippen LogP contribution in [0.3, 0.4) is 0 Å². The van der Waals surface area contributed by atoms with Gasteiger partial charge in [0.05, 0.1) is 4.32 Å². The number of rotatable bonds is 2. The third-order valence-corrected chi connectivity index (χ3v) is 8.33. The first-order valence-corrected chi connectivity index (χ1v) is 8.38. The van der Waals surface area contributed by atoms with Crippen molar-refractivity contribution in [2.24, 2.45) is 5.41 Å². The maximum atomic E-state index is 12.6. The van der Waals surface area contributed by atoms with Gasteiger partial charge in [-0.15, -0.1) is 0 Å². The van der Waals surface area contributed by atoms with Crippen LogP contribution < -0.4 is 4.74 Å². The molecule has 2 nitrogen and oxygen atoms in total. The molecule has 1 saturated carbocycles. The fraction of sp³-hybridized carbons (Fsp3) is 0.357. The molecule has 0 aliphatic heterocycles. The van der Waals surface area contributed by atoms with E-state index in [0.717, 1.165) is 28.2 Å². The Labute approximate surface area is 137 Å². The van der Waals surface area contributed by atoms with Gasteiger partial charge in [-0.2, -0.15) is 0 Å². The van der Waals surface area contributed by atoms with E-state index in [1.54, 1.807) is 12.1 Å². The summed E-state index contributed by atoms with van der Waals surface area (Å²) in [5.41, 5.74) is -0.543. The van der Waals surface area contributed by atoms with Gasteiger partial charge in [0.2, 0.25) is 0 Å². The fourth-order valence-corrected chi connectivity index (χ4v) is 5.54. The zero-order valence-corrected chi connectivity index (χ0v) is 14.7. The largest absolute Gasteiger partial charge is 0.426 e. The van der Waals surface area contributed by atoms with Crippen LogP contribution in [0.4, 0.5) is 0 Å². The monoisotopic (exact) mass is 448 g/mol. The highest BCUT2D eigenvalue weighted by atomic mass is 79.9. The Bertz CT molecular complexity index is 569. The molecular formula is C14H11Br3O2. The standard InChI is InChI=1S/C14H11Br3O2/c15-10-11(16)14(17)7-6-13(10,8-14)12(18)19-9-4-2-1-3-5-9/h1-5H,6-8H2. The minimum atomic E-state index is -0.543. The summed E-state index contributed by atoms with van der Waals surface area (Å²) >= 11 is 10.9. The van der Waals surface area contributed by atoms with Crippen molar-refractivity contribution in [3.8, 4) is 5.75 Å². The van der Waals surface area contributed by atoms with Gasteiger partial charge in [-0.05, 0) is 31.4 Å². The van der Waals surface area contributed by atoms with Gasteiger partial charge < -0.3 is 4.74 Å². The van der Waals surface area contributed by atoms with Crippen LogP contribution in [0.5, 0.6) is 5.75 Å². The van der Waals surface area contributed by atoms with Crippen molar-refractivity contribution in [2.45, 2.75) is 23.6 Å². The van der Waals surface area contributed by atoms with E-state index in [-0.39, 0.29) is 10.3 Å². The van der Waals surface area contributed by atoms with Crippen molar-refractivity contribution in [3.05, 3.63) is 39.3 Å². The van der Waals surface area contributed by atoms with Crippen LogP contribution in [-0.4, -0.2) is 10.3 Å². The van der Waals surface area contributed by atoms with E-state index in [4.69, 9.17) is 4.74 Å². The fourth-order valence-electron chi connectivity index (χ4n) is 2.81. The number of ether oxygens (including phenoxy) is 1. The van der Waals surface area contributed by atoms with Crippen molar-refractivity contribution in [2.75, 3.05) is 0 Å². The Kier molecular flexibility index (Phi) is 3.43. The molecule has 2 aliphatic rings. The molecule has 0 saturated heterocycles. The molecule has 1 aromatic rings. The highest BCUT2D eigenvalue weighted by Crippen LogP contribution is 2.66. The second-order valence-corrected chi connectivity index (χ2v) is 8.16. The highest BCUT2D eigenvalue weighted by molar-refractivity contribution is 9.15. The Hall–Kier alpha value is -0.130. The van der Waals surface area contributed by atoms with Crippen molar-refractivity contribution < 1.29 is 9.53 Å². The lowest BCUT2D eigenvalue weighted by Gasteiger charge is -2.25. The number of hydrogen-bond donors (Lipinski definition) is 0. The number of hydrogen-bond acceptors (Lipinski definition) is 2. The molecule has 2 atom stereocenters. The molecule has 3 rings (SSSR count). The molecular weight excluding hydrogens is 440 g/mol. The van der Waals surface area contributed by atoms with E-state index in [0.29, 0.717) is 5.75 Å². The van der Waals surface area contributed by atoms with Gasteiger partial charge in [0, 0.05) is 8.96 Å². The van der Waals surface area contributed by atoms with Gasteiger partial charge in [0.25, 0.3) is 0 Å². The first-order chi connectivity index (χ1) is 8.98. The van der Waals surface area contributed by atoms with Gasteiger partial charge >= 0.3 is 5.97 Å². The SMILES string of the molecule is O=C(Oc1ccccc1)C12CCC(Br)(C1)C(Br)=C2Br. The van der Waals surface area contributed by atoms with Crippen LogP contribution in [-0.2, 0) is 4.79 Å². The third-order valence-electron chi connectivity index (χ3n) is 3.88. The summed E-state index contributed by atoms with van der Waals surface area (Å²) < 4.78 is 7.39. The normalized spacial score (nSPS) is 32.8. The van der Waals surface area contributed by atoms with E-state index in [9.17, 15) is 4.79 Å². The molecule has 0 heterocycles. The number of halogens is 3. The van der Waals surface area contributed by atoms with Crippen molar-refractivity contribution in [1.82, 2.24) is 0 Å². The molecule has 19 heavy (non-hydrogen) atoms. The Morgan fingerprint density at radius 2 is 1.79 bits per heavy atom. The topological polar surface area (TPSA) is 26.3 Å². The summed E-state index contributed by atoms with van der Waals surface area (Å²) in [5, 5.41) is 0. The average Bonchev–Trinajstić information content (AvgIpc) is 2.86. The molecule has 2 aliphatic carbocycles. The number of benzene rings is 1. The molecule has 1 fully saturated rings. The van der Waals surface area contributed by atoms with Gasteiger partial charge in [0.15, 0.2) is 0 Å². The molecule has 0 radical (unpaired) electrons. The minimum Gasteiger partial charge on any atom is -0.426 e. The van der Waals surface area contributed by atoms with Crippen LogP contribution in [0.1, 0.15) is 19.3 Å². The summed E-state index contributed by atoms with van der Waals surface area (Å²) in [5.74, 6) is 0.415. The van der Waals surface area contributed by atoms with Gasteiger partial charge in [-0.3, -0.25) is 4.79 Å². The molecule has 0 N–H and O–H groups in total. The van der Waals surface area contributed by atoms with Crippen LogP contribution in [0, 0.1) is 5.41 Å². The number of esters is 1. The molecule has 2 bridgehead atoms. The lowest BCUT2D eigenvalue weighted by Crippen LogP contribution is -2.31. The summed E-state index contributed by atoms with van der Waals surface area (Å²) in [7, 11) is 0. The first kappa shape index (κ1) is 13.8. The van der Waals surface area contributed by atoms with E-state index in [1.807, 2.05) is 18.2 Å². The van der Waals surface area contributed by atoms with Crippen LogP contribution in [0.25, 0.3) is 0 Å². The lowest BCUT2D eigenvalue weighted by atomic mass is 9.88. The zero-order valence-electron chi connectivity index (χ0n) is 9.96. The molecule has 1 aromatic carbocycles. The summed E-state index contributed by atoms with van der Waals surface area (Å²) in [4.78, 5) is 12.6. The summed E-state index contributed by atoms with van der Waals surface area (Å²) in [6.45, 7) is 0. The Morgan fingerprint density at radius 1 is 1.11 bits per heavy atom. The molecule has 5 heteroatoms. The molecule has 0 amide bonds. The number of carbonyl (C=O) groups is 1. The predicted molar refractivity (Wildman–Crippen MR) is 84.9 cm³/mol. The Morgan fingerprint density at radius 3 is 2.37 bits per heavy atom. The van der Waals surface area contributed by atoms with Crippen LogP contribution in [0.15, 0.2) is 39.3 Å². The third kappa shape index (κ3) is 2.05. The molecule has 100 valence electrons. The second kappa shape index (κ2) is 4.71. The highest BCUT2D eigenvalue weighted by Gasteiger charge is 2.62. The molecule has 0 aromatic heterocycles. The number of fused-ring (bicyclic) bond motifs is 2. The van der Waals surface area contributed by atoms with Gasteiger partial charge in [-0.25, -0.2) is 0 Å². The smallest absolute Gasteiger partial charge is 0.322 e. The average molecular weight is 451 g/mol. The quantitative estimate of drug-likeness (QED) is 0.363. The maximum Gasteiger partial charge on any atom is 0.322 e. The van der Waals surface area contributed by atoms with E-state index in [2.05, 4.69) is 47.8 Å². The minimum absolute atomic E-state index is 0.110. The number of para-hydroxylation sites is 1. The second-order valence-electron chi connectivity index (χ2n) is 5.05. The first-order valence-electron chi connectivity index (χ1n) is 6.00. The van der Waals surface area contributed by atoms with Crippen molar-refractivity contribution in [1.29, 1.82) is 0 Å². The zero-order chi connectivity index (χ0) is 13.7.